The molecular formula is C15H22N4O. The molecule has 0 bridgehead atoms. The van der Waals surface area contributed by atoms with Crippen molar-refractivity contribution in [2.45, 2.75) is 39.5 Å². The molecule has 1 aromatic heterocycles. The minimum absolute atomic E-state index is 0.782. The third-order valence-corrected chi connectivity index (χ3v) is 3.20. The first-order valence-corrected chi connectivity index (χ1v) is 6.99. The maximum Gasteiger partial charge on any atom is 0.202 e. The summed E-state index contributed by atoms with van der Waals surface area (Å²) >= 11 is 0. The number of aromatic amines is 1. The Morgan fingerprint density at radius 2 is 2.00 bits per heavy atom. The minimum atomic E-state index is -0.854. The lowest BCUT2D eigenvalue weighted by Gasteiger charge is -2.16. The van der Waals surface area contributed by atoms with Crippen molar-refractivity contribution in [2.24, 2.45) is 0 Å². The highest BCUT2D eigenvalue weighted by Crippen LogP contribution is 2.14. The van der Waals surface area contributed by atoms with Gasteiger partial charge in [-0.05, 0) is 37.5 Å². The van der Waals surface area contributed by atoms with Crippen LogP contribution in [0.1, 0.15) is 31.0 Å². The van der Waals surface area contributed by atoms with Crippen molar-refractivity contribution < 1.29 is 5.11 Å². The van der Waals surface area contributed by atoms with Gasteiger partial charge in [-0.15, -0.1) is 0 Å². The van der Waals surface area contributed by atoms with Crippen LogP contribution >= 0.6 is 0 Å². The number of aliphatic hydroxyl groups is 1. The molecule has 108 valence electrons. The number of hydrogen-bond acceptors (Lipinski definition) is 4. The lowest BCUT2D eigenvalue weighted by molar-refractivity contribution is 0.233. The number of aromatic nitrogens is 2. The normalized spacial score (nSPS) is 12.2. The highest BCUT2D eigenvalue weighted by atomic mass is 16.3. The van der Waals surface area contributed by atoms with Gasteiger partial charge in [0.1, 0.15) is 0 Å². The molecule has 2 aromatic rings. The summed E-state index contributed by atoms with van der Waals surface area (Å²) in [6.07, 6.45) is 4.37. The van der Waals surface area contributed by atoms with Gasteiger partial charge in [0.15, 0.2) is 0 Å². The first-order valence-electron chi connectivity index (χ1n) is 6.99. The molecule has 0 fully saturated rings. The van der Waals surface area contributed by atoms with Crippen LogP contribution < -0.4 is 10.6 Å². The largest absolute Gasteiger partial charge is 0.357 e. The average molecular weight is 274 g/mol. The number of nitrogens with one attached hydrogen (secondary N) is 3. The topological polar surface area (TPSA) is 73.0 Å². The minimum Gasteiger partial charge on any atom is -0.357 e. The molecule has 0 spiro atoms. The van der Waals surface area contributed by atoms with Crippen LogP contribution in [-0.4, -0.2) is 21.7 Å². The van der Waals surface area contributed by atoms with Crippen LogP contribution in [0.2, 0.25) is 0 Å². The average Bonchev–Trinajstić information content (AvgIpc) is 2.83. The fraction of sp³-hybridized carbons (Fsp3) is 0.400. The van der Waals surface area contributed by atoms with Crippen LogP contribution in [0, 0.1) is 6.92 Å². The number of H-pyrrole nitrogens is 1. The number of benzene rings is 1. The summed E-state index contributed by atoms with van der Waals surface area (Å²) in [7, 11) is 0. The quantitative estimate of drug-likeness (QED) is 0.586. The molecular weight excluding hydrogens is 252 g/mol. The Morgan fingerprint density at radius 1 is 1.25 bits per heavy atom. The second kappa shape index (κ2) is 6.96. The van der Waals surface area contributed by atoms with E-state index in [0.29, 0.717) is 0 Å². The van der Waals surface area contributed by atoms with Gasteiger partial charge in [-0.25, -0.2) is 0 Å². The lowest BCUT2D eigenvalue weighted by Crippen LogP contribution is -2.28. The summed E-state index contributed by atoms with van der Waals surface area (Å²) in [5.74, 6) is 0. The van der Waals surface area contributed by atoms with Crippen molar-refractivity contribution in [1.82, 2.24) is 10.2 Å². The molecule has 4 N–H and O–H groups in total. The van der Waals surface area contributed by atoms with Crippen molar-refractivity contribution >= 4 is 11.4 Å². The second-order valence-electron chi connectivity index (χ2n) is 4.88. The third kappa shape index (κ3) is 3.99. The molecule has 1 heterocycles. The number of hydrogen-bond donors (Lipinski definition) is 4. The van der Waals surface area contributed by atoms with Crippen LogP contribution in [-0.2, 0) is 6.42 Å². The molecule has 0 aliphatic heterocycles. The van der Waals surface area contributed by atoms with Gasteiger partial charge in [0, 0.05) is 11.9 Å². The summed E-state index contributed by atoms with van der Waals surface area (Å²) in [5, 5.41) is 22.6. The van der Waals surface area contributed by atoms with Crippen LogP contribution in [0.15, 0.2) is 30.5 Å². The van der Waals surface area contributed by atoms with E-state index in [1.54, 1.807) is 6.20 Å². The molecule has 1 atom stereocenters. The van der Waals surface area contributed by atoms with E-state index in [0.717, 1.165) is 23.5 Å². The second-order valence-corrected chi connectivity index (χ2v) is 4.88. The van der Waals surface area contributed by atoms with Crippen molar-refractivity contribution in [3.63, 3.8) is 0 Å². The van der Waals surface area contributed by atoms with Crippen molar-refractivity contribution in [3.8, 4) is 0 Å². The molecule has 5 nitrogen and oxygen atoms in total. The Morgan fingerprint density at radius 3 is 2.60 bits per heavy atom. The maximum atomic E-state index is 9.95. The standard InChI is InChI=1S/C15H22N4O/c1-3-4-5-12-6-8-13(9-7-12)17-15(20)18-14-10-16-19-11(14)2/h6-10,15,17-18,20H,3-5H2,1-2H3,(H,16,19). The molecule has 0 aliphatic rings. The van der Waals surface area contributed by atoms with E-state index in [-0.39, 0.29) is 0 Å². The van der Waals surface area contributed by atoms with Gasteiger partial charge in [-0.1, -0.05) is 25.5 Å². The first-order chi connectivity index (χ1) is 9.69. The maximum absolute atomic E-state index is 9.95. The first kappa shape index (κ1) is 14.4. The van der Waals surface area contributed by atoms with Crippen molar-refractivity contribution in [3.05, 3.63) is 41.7 Å². The summed E-state index contributed by atoms with van der Waals surface area (Å²) in [4.78, 5) is 0. The number of unbranched alkanes of at least 4 members (excludes halogenated alkanes) is 1. The summed E-state index contributed by atoms with van der Waals surface area (Å²) in [6.45, 7) is 4.06. The number of aliphatic hydroxyl groups excluding tert-OH is 1. The number of rotatable bonds is 7. The Hall–Kier alpha value is -2.01. The number of nitrogens with zero attached hydrogens (tertiary/aromatic N) is 1. The zero-order valence-corrected chi connectivity index (χ0v) is 12.0. The molecule has 0 saturated heterocycles. The van der Waals surface area contributed by atoms with E-state index in [2.05, 4.69) is 39.9 Å². The van der Waals surface area contributed by atoms with E-state index in [1.807, 2.05) is 19.1 Å². The SMILES string of the molecule is CCCCc1ccc(NC(O)Nc2c[nH]nc2C)cc1. The van der Waals surface area contributed by atoms with Gasteiger partial charge in [0.05, 0.1) is 11.4 Å². The molecule has 0 saturated carbocycles. The van der Waals surface area contributed by atoms with E-state index >= 15 is 0 Å². The van der Waals surface area contributed by atoms with Gasteiger partial charge >= 0.3 is 0 Å². The molecule has 0 aliphatic carbocycles. The van der Waals surface area contributed by atoms with E-state index in [1.165, 1.54) is 18.4 Å². The van der Waals surface area contributed by atoms with Crippen molar-refractivity contribution in [2.75, 3.05) is 10.6 Å². The highest BCUT2D eigenvalue weighted by molar-refractivity contribution is 5.50. The Kier molecular flexibility index (Phi) is 5.01. The fourth-order valence-corrected chi connectivity index (χ4v) is 1.99. The van der Waals surface area contributed by atoms with E-state index < -0.39 is 6.35 Å². The van der Waals surface area contributed by atoms with Gasteiger partial charge in [-0.2, -0.15) is 5.10 Å². The Balaban J connectivity index is 1.87. The third-order valence-electron chi connectivity index (χ3n) is 3.20. The molecule has 5 heteroatoms. The number of anilines is 2. The van der Waals surface area contributed by atoms with Crippen LogP contribution in [0.4, 0.5) is 11.4 Å². The van der Waals surface area contributed by atoms with Gasteiger partial charge in [-0.3, -0.25) is 5.10 Å². The summed E-state index contributed by atoms with van der Waals surface area (Å²) in [5.41, 5.74) is 3.81. The molecule has 0 amide bonds. The Bertz CT molecular complexity index is 521. The van der Waals surface area contributed by atoms with Gasteiger partial charge < -0.3 is 15.7 Å². The predicted octanol–water partition coefficient (Wildman–Crippen LogP) is 2.86. The fourth-order valence-electron chi connectivity index (χ4n) is 1.99. The molecule has 0 radical (unpaired) electrons. The molecule has 1 unspecified atom stereocenters. The summed E-state index contributed by atoms with van der Waals surface area (Å²) < 4.78 is 0. The Labute approximate surface area is 119 Å². The molecule has 1 aromatic carbocycles. The van der Waals surface area contributed by atoms with E-state index in [9.17, 15) is 5.11 Å². The zero-order chi connectivity index (χ0) is 14.4. The van der Waals surface area contributed by atoms with Gasteiger partial charge in [0.2, 0.25) is 6.35 Å². The van der Waals surface area contributed by atoms with Crippen LogP contribution in [0.5, 0.6) is 0 Å². The van der Waals surface area contributed by atoms with Crippen molar-refractivity contribution in [1.29, 1.82) is 0 Å². The zero-order valence-electron chi connectivity index (χ0n) is 12.0. The van der Waals surface area contributed by atoms with Crippen LogP contribution in [0.25, 0.3) is 0 Å². The van der Waals surface area contributed by atoms with Crippen LogP contribution in [0.3, 0.4) is 0 Å². The lowest BCUT2D eigenvalue weighted by atomic mass is 10.1. The molecule has 2 rings (SSSR count). The van der Waals surface area contributed by atoms with E-state index in [4.69, 9.17) is 0 Å². The monoisotopic (exact) mass is 274 g/mol. The smallest absolute Gasteiger partial charge is 0.202 e. The predicted molar refractivity (Wildman–Crippen MR) is 81.6 cm³/mol. The summed E-state index contributed by atoms with van der Waals surface area (Å²) in [6, 6.07) is 8.15. The highest BCUT2D eigenvalue weighted by Gasteiger charge is 2.06. The molecule has 20 heavy (non-hydrogen) atoms. The van der Waals surface area contributed by atoms with Gasteiger partial charge in [0.25, 0.3) is 0 Å². The number of aryl methyl sites for hydroxylation is 2.